The summed E-state index contributed by atoms with van der Waals surface area (Å²) < 4.78 is 0. The van der Waals surface area contributed by atoms with Crippen LogP contribution in [0, 0.1) is 0 Å². The Balaban J connectivity index is 2.05. The third-order valence-electron chi connectivity index (χ3n) is 2.37. The quantitative estimate of drug-likeness (QED) is 0.657. The van der Waals surface area contributed by atoms with Gasteiger partial charge < -0.3 is 10.4 Å². The second-order valence-electron chi connectivity index (χ2n) is 3.53. The number of aromatic nitrogens is 2. The molecule has 0 radical (unpaired) electrons. The molecule has 0 bridgehead atoms. The highest BCUT2D eigenvalue weighted by Crippen LogP contribution is 2.18. The van der Waals surface area contributed by atoms with E-state index in [4.69, 9.17) is 0 Å². The van der Waals surface area contributed by atoms with Crippen molar-refractivity contribution in [2.45, 2.75) is 18.4 Å². The van der Waals surface area contributed by atoms with Crippen LogP contribution in [0.15, 0.2) is 18.6 Å². The van der Waals surface area contributed by atoms with E-state index in [9.17, 15) is 5.11 Å². The maximum absolute atomic E-state index is 10.0. The molecule has 1 fully saturated rings. The van der Waals surface area contributed by atoms with E-state index in [1.807, 2.05) is 6.07 Å². The molecule has 4 heteroatoms. The average Bonchev–Trinajstić information content (AvgIpc) is 2.54. The molecule has 2 N–H and O–H groups in total. The topological polar surface area (TPSA) is 58.0 Å². The Labute approximate surface area is 77.0 Å². The van der Waals surface area contributed by atoms with Gasteiger partial charge in [-0.1, -0.05) is 0 Å². The van der Waals surface area contributed by atoms with E-state index in [1.54, 1.807) is 6.20 Å². The number of nitrogens with one attached hydrogen (secondary N) is 1. The molecular formula is C9H13N3O. The predicted molar refractivity (Wildman–Crippen MR) is 48.2 cm³/mol. The molecule has 1 aliphatic heterocycles. The molecule has 4 nitrogen and oxygen atoms in total. The first-order valence-electron chi connectivity index (χ1n) is 4.47. The number of hydrogen-bond donors (Lipinski definition) is 2. The summed E-state index contributed by atoms with van der Waals surface area (Å²) in [7, 11) is 0. The van der Waals surface area contributed by atoms with Crippen LogP contribution >= 0.6 is 0 Å². The molecule has 2 heterocycles. The summed E-state index contributed by atoms with van der Waals surface area (Å²) in [5, 5.41) is 13.2. The van der Waals surface area contributed by atoms with E-state index < -0.39 is 5.60 Å². The summed E-state index contributed by atoms with van der Waals surface area (Å²) in [4.78, 5) is 7.92. The fourth-order valence-corrected chi connectivity index (χ4v) is 1.64. The van der Waals surface area contributed by atoms with Crippen LogP contribution in [-0.2, 0) is 6.42 Å². The van der Waals surface area contributed by atoms with Crippen LogP contribution in [0.1, 0.15) is 12.1 Å². The van der Waals surface area contributed by atoms with Gasteiger partial charge in [0.25, 0.3) is 0 Å². The lowest BCUT2D eigenvalue weighted by Crippen LogP contribution is -2.34. The molecule has 1 aromatic rings. The highest BCUT2D eigenvalue weighted by molar-refractivity contribution is 5.05. The van der Waals surface area contributed by atoms with Gasteiger partial charge in [-0.25, -0.2) is 9.97 Å². The molecule has 1 saturated heterocycles. The molecule has 13 heavy (non-hydrogen) atoms. The number of rotatable bonds is 2. The average molecular weight is 179 g/mol. The zero-order valence-electron chi connectivity index (χ0n) is 7.40. The van der Waals surface area contributed by atoms with Gasteiger partial charge in [0.2, 0.25) is 0 Å². The molecule has 0 amide bonds. The zero-order valence-corrected chi connectivity index (χ0v) is 7.40. The van der Waals surface area contributed by atoms with Gasteiger partial charge in [0.15, 0.2) is 0 Å². The maximum atomic E-state index is 10.0. The summed E-state index contributed by atoms with van der Waals surface area (Å²) in [6.07, 6.45) is 4.63. The van der Waals surface area contributed by atoms with Crippen molar-refractivity contribution in [2.24, 2.45) is 0 Å². The predicted octanol–water partition coefficient (Wildman–Crippen LogP) is -0.257. The van der Waals surface area contributed by atoms with Gasteiger partial charge in [-0.2, -0.15) is 0 Å². The molecule has 0 aromatic carbocycles. The van der Waals surface area contributed by atoms with E-state index in [0.29, 0.717) is 13.0 Å². The van der Waals surface area contributed by atoms with E-state index in [2.05, 4.69) is 15.3 Å². The number of β-amino-alcohol motifs (C(OH)–C–C–N with tert-alkyl or cyclic N) is 1. The largest absolute Gasteiger partial charge is 0.388 e. The Morgan fingerprint density at radius 1 is 1.62 bits per heavy atom. The van der Waals surface area contributed by atoms with Gasteiger partial charge >= 0.3 is 0 Å². The smallest absolute Gasteiger partial charge is 0.115 e. The minimum atomic E-state index is -0.603. The van der Waals surface area contributed by atoms with E-state index in [1.165, 1.54) is 6.33 Å². The molecule has 0 spiro atoms. The fraction of sp³-hybridized carbons (Fsp3) is 0.556. The maximum Gasteiger partial charge on any atom is 0.115 e. The number of hydrogen-bond acceptors (Lipinski definition) is 4. The van der Waals surface area contributed by atoms with E-state index in [0.717, 1.165) is 18.7 Å². The summed E-state index contributed by atoms with van der Waals surface area (Å²) in [5.74, 6) is 0. The van der Waals surface area contributed by atoms with Crippen molar-refractivity contribution in [3.8, 4) is 0 Å². The Kier molecular flexibility index (Phi) is 2.24. The molecule has 70 valence electrons. The summed E-state index contributed by atoms with van der Waals surface area (Å²) in [5.41, 5.74) is 0.301. The van der Waals surface area contributed by atoms with Crippen molar-refractivity contribution in [2.75, 3.05) is 13.1 Å². The first-order valence-corrected chi connectivity index (χ1v) is 4.47. The molecule has 2 rings (SSSR count). The van der Waals surface area contributed by atoms with Gasteiger partial charge in [0, 0.05) is 24.9 Å². The molecule has 1 unspecified atom stereocenters. The monoisotopic (exact) mass is 179 g/mol. The minimum Gasteiger partial charge on any atom is -0.388 e. The Hall–Kier alpha value is -1.00. The van der Waals surface area contributed by atoms with Gasteiger partial charge in [-0.3, -0.25) is 0 Å². The lowest BCUT2D eigenvalue weighted by atomic mass is 9.97. The van der Waals surface area contributed by atoms with Crippen molar-refractivity contribution in [3.05, 3.63) is 24.3 Å². The normalized spacial score (nSPS) is 27.8. The zero-order chi connectivity index (χ0) is 9.15. The lowest BCUT2D eigenvalue weighted by molar-refractivity contribution is 0.0609. The SMILES string of the molecule is OC1(Cc2ccncn2)CCNC1. The van der Waals surface area contributed by atoms with Gasteiger partial charge in [0.05, 0.1) is 5.60 Å². The molecule has 1 aliphatic rings. The van der Waals surface area contributed by atoms with Crippen LogP contribution in [0.2, 0.25) is 0 Å². The number of aliphatic hydroxyl groups is 1. The van der Waals surface area contributed by atoms with Crippen LogP contribution in [0.5, 0.6) is 0 Å². The van der Waals surface area contributed by atoms with Gasteiger partial charge in [-0.05, 0) is 19.0 Å². The lowest BCUT2D eigenvalue weighted by Gasteiger charge is -2.20. The van der Waals surface area contributed by atoms with Crippen LogP contribution in [0.25, 0.3) is 0 Å². The molecular weight excluding hydrogens is 166 g/mol. The fourth-order valence-electron chi connectivity index (χ4n) is 1.64. The summed E-state index contributed by atoms with van der Waals surface area (Å²) in [6.45, 7) is 1.55. The standard InChI is InChI=1S/C9H13N3O/c13-9(2-4-10-6-9)5-8-1-3-11-7-12-8/h1,3,7,10,13H,2,4-6H2. The van der Waals surface area contributed by atoms with Crippen molar-refractivity contribution in [1.82, 2.24) is 15.3 Å². The first kappa shape index (κ1) is 8.59. The Morgan fingerprint density at radius 3 is 3.15 bits per heavy atom. The third kappa shape index (κ3) is 2.02. The minimum absolute atomic E-state index is 0.603. The molecule has 0 saturated carbocycles. The van der Waals surface area contributed by atoms with Crippen molar-refractivity contribution < 1.29 is 5.11 Å². The summed E-state index contributed by atoms with van der Waals surface area (Å²) >= 11 is 0. The Morgan fingerprint density at radius 2 is 2.54 bits per heavy atom. The second kappa shape index (κ2) is 3.40. The molecule has 1 aromatic heterocycles. The van der Waals surface area contributed by atoms with Crippen LogP contribution < -0.4 is 5.32 Å². The Bertz CT molecular complexity index is 269. The van der Waals surface area contributed by atoms with Crippen molar-refractivity contribution >= 4 is 0 Å². The third-order valence-corrected chi connectivity index (χ3v) is 2.37. The van der Waals surface area contributed by atoms with Crippen LogP contribution in [-0.4, -0.2) is 33.8 Å². The second-order valence-corrected chi connectivity index (χ2v) is 3.53. The summed E-state index contributed by atoms with van der Waals surface area (Å²) in [6, 6.07) is 1.84. The highest BCUT2D eigenvalue weighted by Gasteiger charge is 2.31. The van der Waals surface area contributed by atoms with Gasteiger partial charge in [0.1, 0.15) is 6.33 Å². The van der Waals surface area contributed by atoms with E-state index in [-0.39, 0.29) is 0 Å². The van der Waals surface area contributed by atoms with Crippen molar-refractivity contribution in [3.63, 3.8) is 0 Å². The van der Waals surface area contributed by atoms with E-state index >= 15 is 0 Å². The van der Waals surface area contributed by atoms with Crippen molar-refractivity contribution in [1.29, 1.82) is 0 Å². The molecule has 0 aliphatic carbocycles. The van der Waals surface area contributed by atoms with Gasteiger partial charge in [-0.15, -0.1) is 0 Å². The van der Waals surface area contributed by atoms with Crippen LogP contribution in [0.4, 0.5) is 0 Å². The highest BCUT2D eigenvalue weighted by atomic mass is 16.3. The van der Waals surface area contributed by atoms with Crippen LogP contribution in [0.3, 0.4) is 0 Å². The first-order chi connectivity index (χ1) is 6.29. The molecule has 1 atom stereocenters. The number of nitrogens with zero attached hydrogens (tertiary/aromatic N) is 2.